The Kier molecular flexibility index (Phi) is 5.89. The van der Waals surface area contributed by atoms with E-state index in [4.69, 9.17) is 10.5 Å². The molecule has 8 heteroatoms. The minimum Gasteiger partial charge on any atom is -0.481 e. The first-order valence-corrected chi connectivity index (χ1v) is 7.42. The first-order chi connectivity index (χ1) is 11.0. The molecule has 0 radical (unpaired) electrons. The van der Waals surface area contributed by atoms with Gasteiger partial charge in [-0.15, -0.1) is 0 Å². The minimum atomic E-state index is -0.911. The SMILES string of the molecule is COCC(=O)N1CCN(Cc2cccnc2N)C[C@@H](C(=O)O)C1. The molecule has 2 rings (SSSR count). The number of nitrogens with two attached hydrogens (primary N) is 1. The van der Waals surface area contributed by atoms with Crippen LogP contribution in [0.1, 0.15) is 5.56 Å². The molecule has 3 N–H and O–H groups in total. The minimum absolute atomic E-state index is 0.0398. The van der Waals surface area contributed by atoms with Gasteiger partial charge in [0.1, 0.15) is 12.4 Å². The third-order valence-electron chi connectivity index (χ3n) is 3.90. The number of carbonyl (C=O) groups is 2. The summed E-state index contributed by atoms with van der Waals surface area (Å²) in [5, 5.41) is 9.40. The van der Waals surface area contributed by atoms with Crippen LogP contribution in [0, 0.1) is 5.92 Å². The average molecular weight is 322 g/mol. The van der Waals surface area contributed by atoms with Crippen LogP contribution in [0.15, 0.2) is 18.3 Å². The number of nitrogen functional groups attached to an aromatic ring is 1. The van der Waals surface area contributed by atoms with Crippen molar-refractivity contribution in [1.82, 2.24) is 14.8 Å². The highest BCUT2D eigenvalue weighted by atomic mass is 16.5. The van der Waals surface area contributed by atoms with Crippen LogP contribution in [0.2, 0.25) is 0 Å². The molecule has 2 heterocycles. The highest BCUT2D eigenvalue weighted by Crippen LogP contribution is 2.16. The third kappa shape index (κ3) is 4.64. The van der Waals surface area contributed by atoms with E-state index in [-0.39, 0.29) is 19.1 Å². The Balaban J connectivity index is 2.09. The smallest absolute Gasteiger partial charge is 0.309 e. The number of methoxy groups -OCH3 is 1. The van der Waals surface area contributed by atoms with Crippen molar-refractivity contribution in [3.8, 4) is 0 Å². The number of carbonyl (C=O) groups excluding carboxylic acids is 1. The molecule has 1 amide bonds. The average Bonchev–Trinajstić information content (AvgIpc) is 2.73. The number of rotatable bonds is 5. The number of amides is 1. The van der Waals surface area contributed by atoms with Crippen molar-refractivity contribution < 1.29 is 19.4 Å². The zero-order valence-corrected chi connectivity index (χ0v) is 13.1. The zero-order chi connectivity index (χ0) is 16.8. The van der Waals surface area contributed by atoms with Gasteiger partial charge in [0, 0.05) is 51.6 Å². The van der Waals surface area contributed by atoms with Gasteiger partial charge in [-0.1, -0.05) is 6.07 Å². The van der Waals surface area contributed by atoms with Crippen LogP contribution < -0.4 is 5.73 Å². The topological polar surface area (TPSA) is 109 Å². The Hall–Kier alpha value is -2.19. The van der Waals surface area contributed by atoms with Crippen molar-refractivity contribution in [1.29, 1.82) is 0 Å². The summed E-state index contributed by atoms with van der Waals surface area (Å²) in [5.41, 5.74) is 6.71. The maximum Gasteiger partial charge on any atom is 0.309 e. The molecule has 126 valence electrons. The number of aliphatic carboxylic acids is 1. The van der Waals surface area contributed by atoms with Gasteiger partial charge in [0.25, 0.3) is 0 Å². The van der Waals surface area contributed by atoms with Crippen LogP contribution in [0.4, 0.5) is 5.82 Å². The lowest BCUT2D eigenvalue weighted by molar-refractivity contribution is -0.144. The molecular weight excluding hydrogens is 300 g/mol. The van der Waals surface area contributed by atoms with Crippen LogP contribution >= 0.6 is 0 Å². The molecule has 1 aliphatic rings. The number of carboxylic acids is 1. The largest absolute Gasteiger partial charge is 0.481 e. The van der Waals surface area contributed by atoms with Gasteiger partial charge in [-0.2, -0.15) is 0 Å². The number of ether oxygens (including phenoxy) is 1. The van der Waals surface area contributed by atoms with E-state index in [2.05, 4.69) is 4.98 Å². The van der Waals surface area contributed by atoms with Crippen molar-refractivity contribution in [3.05, 3.63) is 23.9 Å². The maximum atomic E-state index is 12.0. The predicted molar refractivity (Wildman–Crippen MR) is 83.5 cm³/mol. The Morgan fingerprint density at radius 3 is 2.87 bits per heavy atom. The summed E-state index contributed by atoms with van der Waals surface area (Å²) < 4.78 is 4.85. The maximum absolute atomic E-state index is 12.0. The van der Waals surface area contributed by atoms with Crippen molar-refractivity contribution >= 4 is 17.7 Å². The summed E-state index contributed by atoms with van der Waals surface area (Å²) in [6, 6.07) is 3.67. The van der Waals surface area contributed by atoms with Crippen LogP contribution in [0.5, 0.6) is 0 Å². The molecule has 0 saturated carbocycles. The van der Waals surface area contributed by atoms with Crippen molar-refractivity contribution in [2.45, 2.75) is 6.54 Å². The molecule has 0 aromatic carbocycles. The second kappa shape index (κ2) is 7.89. The van der Waals surface area contributed by atoms with Gasteiger partial charge in [0.15, 0.2) is 0 Å². The Morgan fingerprint density at radius 1 is 1.43 bits per heavy atom. The lowest BCUT2D eigenvalue weighted by atomic mass is 10.1. The summed E-state index contributed by atoms with van der Waals surface area (Å²) in [5.74, 6) is -1.31. The van der Waals surface area contributed by atoms with Gasteiger partial charge in [-0.25, -0.2) is 4.98 Å². The highest BCUT2D eigenvalue weighted by molar-refractivity contribution is 5.78. The van der Waals surface area contributed by atoms with Crippen LogP contribution in [0.3, 0.4) is 0 Å². The van der Waals surface area contributed by atoms with E-state index in [0.717, 1.165) is 5.56 Å². The molecule has 0 aliphatic carbocycles. The lowest BCUT2D eigenvalue weighted by Crippen LogP contribution is -2.39. The number of carboxylic acid groups (broad SMARTS) is 1. The van der Waals surface area contributed by atoms with E-state index in [1.54, 1.807) is 17.2 Å². The highest BCUT2D eigenvalue weighted by Gasteiger charge is 2.30. The second-order valence-electron chi connectivity index (χ2n) is 5.59. The number of hydrogen-bond acceptors (Lipinski definition) is 6. The third-order valence-corrected chi connectivity index (χ3v) is 3.90. The van der Waals surface area contributed by atoms with Crippen LogP contribution in [-0.2, 0) is 20.9 Å². The van der Waals surface area contributed by atoms with Gasteiger partial charge in [0.2, 0.25) is 5.91 Å². The van der Waals surface area contributed by atoms with Gasteiger partial charge in [0.05, 0.1) is 5.92 Å². The summed E-state index contributed by atoms with van der Waals surface area (Å²) >= 11 is 0. The lowest BCUT2D eigenvalue weighted by Gasteiger charge is -2.22. The van der Waals surface area contributed by atoms with E-state index in [0.29, 0.717) is 32.0 Å². The van der Waals surface area contributed by atoms with E-state index in [9.17, 15) is 14.7 Å². The molecule has 8 nitrogen and oxygen atoms in total. The number of aromatic nitrogens is 1. The second-order valence-corrected chi connectivity index (χ2v) is 5.59. The van der Waals surface area contributed by atoms with Crippen molar-refractivity contribution in [2.24, 2.45) is 5.92 Å². The van der Waals surface area contributed by atoms with Crippen LogP contribution in [-0.4, -0.2) is 71.7 Å². The fraction of sp³-hybridized carbons (Fsp3) is 0.533. The molecule has 23 heavy (non-hydrogen) atoms. The monoisotopic (exact) mass is 322 g/mol. The zero-order valence-electron chi connectivity index (χ0n) is 13.1. The predicted octanol–water partition coefficient (Wildman–Crippen LogP) is -0.345. The molecule has 1 aromatic heterocycles. The van der Waals surface area contributed by atoms with Gasteiger partial charge >= 0.3 is 5.97 Å². The first-order valence-electron chi connectivity index (χ1n) is 7.42. The van der Waals surface area contributed by atoms with Gasteiger partial charge < -0.3 is 20.5 Å². The van der Waals surface area contributed by atoms with Gasteiger partial charge in [-0.3, -0.25) is 14.5 Å². The quantitative estimate of drug-likeness (QED) is 0.763. The molecule has 1 saturated heterocycles. The molecular formula is C15H22N4O4. The normalized spacial score (nSPS) is 19.3. The summed E-state index contributed by atoms with van der Waals surface area (Å²) in [4.78, 5) is 31.0. The summed E-state index contributed by atoms with van der Waals surface area (Å²) in [7, 11) is 1.45. The van der Waals surface area contributed by atoms with Gasteiger partial charge in [-0.05, 0) is 6.07 Å². The molecule has 1 aliphatic heterocycles. The Bertz CT molecular complexity index is 566. The number of pyridine rings is 1. The molecule has 1 aromatic rings. The standard InChI is InChI=1S/C15H22N4O4/c1-23-10-13(20)19-6-5-18(8-12(9-19)15(21)22)7-11-3-2-4-17-14(11)16/h2-4,12H,5-10H2,1H3,(H2,16,17)(H,21,22)/t12-/m1/s1. The number of nitrogens with zero attached hydrogens (tertiary/aromatic N) is 3. The Labute approximate surface area is 134 Å². The van der Waals surface area contributed by atoms with E-state index >= 15 is 0 Å². The molecule has 0 bridgehead atoms. The number of hydrogen-bond donors (Lipinski definition) is 2. The van der Waals surface area contributed by atoms with Crippen LogP contribution in [0.25, 0.3) is 0 Å². The fourth-order valence-electron chi connectivity index (χ4n) is 2.65. The van der Waals surface area contributed by atoms with Crippen molar-refractivity contribution in [2.75, 3.05) is 45.6 Å². The molecule has 0 unspecified atom stereocenters. The van der Waals surface area contributed by atoms with E-state index in [1.807, 2.05) is 11.0 Å². The fourth-order valence-corrected chi connectivity index (χ4v) is 2.65. The van der Waals surface area contributed by atoms with E-state index in [1.165, 1.54) is 7.11 Å². The van der Waals surface area contributed by atoms with Crippen molar-refractivity contribution in [3.63, 3.8) is 0 Å². The first kappa shape index (κ1) is 17.2. The molecule has 1 atom stereocenters. The molecule has 0 spiro atoms. The summed E-state index contributed by atoms with van der Waals surface area (Å²) in [6.07, 6.45) is 1.62. The Morgan fingerprint density at radius 2 is 2.22 bits per heavy atom. The number of anilines is 1. The molecule has 1 fully saturated rings. The summed E-state index contributed by atoms with van der Waals surface area (Å²) in [6.45, 7) is 2.06. The van der Waals surface area contributed by atoms with E-state index < -0.39 is 11.9 Å².